The Balaban J connectivity index is 1.51. The van der Waals surface area contributed by atoms with Gasteiger partial charge in [0.25, 0.3) is 0 Å². The van der Waals surface area contributed by atoms with Gasteiger partial charge in [-0.1, -0.05) is 81.0 Å². The molecule has 4 rings (SSSR count). The van der Waals surface area contributed by atoms with Crippen molar-refractivity contribution in [2.75, 3.05) is 11.9 Å². The van der Waals surface area contributed by atoms with Crippen LogP contribution >= 0.6 is 23.6 Å². The first kappa shape index (κ1) is 27.3. The molecule has 7 heteroatoms. The van der Waals surface area contributed by atoms with Gasteiger partial charge in [0.2, 0.25) is 5.91 Å². The average Bonchev–Trinajstić information content (AvgIpc) is 3.20. The first-order chi connectivity index (χ1) is 18.1. The molecule has 0 bridgehead atoms. The first-order valence-corrected chi connectivity index (χ1v) is 14.7. The number of carbonyl (C=O) groups is 2. The molecule has 37 heavy (non-hydrogen) atoms. The number of carbonyl (C=O) groups excluding carboxylic acids is 2. The second-order valence-electron chi connectivity index (χ2n) is 9.57. The third-order valence-electron chi connectivity index (χ3n) is 6.86. The maximum absolute atomic E-state index is 13.1. The zero-order valence-electron chi connectivity index (χ0n) is 21.6. The van der Waals surface area contributed by atoms with E-state index in [2.05, 4.69) is 10.6 Å². The monoisotopic (exact) mass is 536 g/mol. The van der Waals surface area contributed by atoms with Gasteiger partial charge < -0.3 is 15.4 Å². The van der Waals surface area contributed by atoms with Crippen LogP contribution in [0.2, 0.25) is 0 Å². The van der Waals surface area contributed by atoms with Crippen LogP contribution in [-0.4, -0.2) is 23.6 Å². The lowest BCUT2D eigenvalue weighted by Crippen LogP contribution is -2.35. The van der Waals surface area contributed by atoms with Crippen molar-refractivity contribution in [1.82, 2.24) is 5.32 Å². The number of esters is 1. The summed E-state index contributed by atoms with van der Waals surface area (Å²) in [6.07, 6.45) is 11.7. The van der Waals surface area contributed by atoms with E-state index in [-0.39, 0.29) is 23.4 Å². The van der Waals surface area contributed by atoms with Crippen molar-refractivity contribution in [3.63, 3.8) is 0 Å². The average molecular weight is 537 g/mol. The van der Waals surface area contributed by atoms with Crippen molar-refractivity contribution in [2.24, 2.45) is 0 Å². The Hall–Kier alpha value is -2.77. The third-order valence-corrected chi connectivity index (χ3v) is 8.27. The predicted octanol–water partition coefficient (Wildman–Crippen LogP) is 7.35. The number of rotatable bonds is 5. The van der Waals surface area contributed by atoms with Gasteiger partial charge in [0.05, 0.1) is 18.6 Å². The number of anilines is 1. The second-order valence-corrected chi connectivity index (χ2v) is 11.1. The minimum atomic E-state index is -0.320. The molecule has 5 nitrogen and oxygen atoms in total. The highest BCUT2D eigenvalue weighted by Gasteiger charge is 2.25. The molecular formula is C30H36N2O3S2. The molecule has 0 unspecified atom stereocenters. The zero-order valence-corrected chi connectivity index (χ0v) is 23.2. The van der Waals surface area contributed by atoms with E-state index in [4.69, 9.17) is 17.0 Å². The van der Waals surface area contributed by atoms with Crippen LogP contribution in [0, 0.1) is 0 Å². The van der Waals surface area contributed by atoms with Gasteiger partial charge in [-0.25, -0.2) is 4.79 Å². The van der Waals surface area contributed by atoms with Gasteiger partial charge in [-0.3, -0.25) is 4.79 Å². The maximum Gasteiger partial charge on any atom is 0.341 e. The zero-order chi connectivity index (χ0) is 26.0. The quantitative estimate of drug-likeness (QED) is 0.264. The molecule has 0 spiro atoms. The molecule has 0 fully saturated rings. The number of hydrogen-bond donors (Lipinski definition) is 2. The molecule has 1 aliphatic rings. The van der Waals surface area contributed by atoms with Crippen molar-refractivity contribution in [2.45, 2.75) is 77.6 Å². The maximum atomic E-state index is 13.1. The fourth-order valence-corrected chi connectivity index (χ4v) is 6.62. The van der Waals surface area contributed by atoms with Gasteiger partial charge in [0.1, 0.15) is 5.00 Å². The lowest BCUT2D eigenvalue weighted by molar-refractivity contribution is -0.119. The van der Waals surface area contributed by atoms with Gasteiger partial charge in [0, 0.05) is 4.88 Å². The number of nitrogens with one attached hydrogen (secondary N) is 2. The minimum absolute atomic E-state index is 0.193. The molecule has 1 aliphatic carbocycles. The third kappa shape index (κ3) is 7.39. The number of amides is 1. The molecule has 1 aromatic heterocycles. The molecule has 0 saturated carbocycles. The molecule has 196 valence electrons. The van der Waals surface area contributed by atoms with E-state index >= 15 is 0 Å². The van der Waals surface area contributed by atoms with Crippen LogP contribution in [0.25, 0.3) is 10.8 Å². The number of fused-ring (bicyclic) bond motifs is 2. The Morgan fingerprint density at radius 3 is 2.35 bits per heavy atom. The van der Waals surface area contributed by atoms with E-state index in [1.807, 2.05) is 49.4 Å². The van der Waals surface area contributed by atoms with E-state index < -0.39 is 0 Å². The van der Waals surface area contributed by atoms with E-state index in [1.165, 1.54) is 43.4 Å². The predicted molar refractivity (Wildman–Crippen MR) is 157 cm³/mol. The highest BCUT2D eigenvalue weighted by atomic mass is 32.1. The van der Waals surface area contributed by atoms with Gasteiger partial charge in [-0.15, -0.1) is 11.3 Å². The Labute approximate surface area is 229 Å². The number of thiocarbonyl (C=S) groups is 1. The Kier molecular flexibility index (Phi) is 10.1. The van der Waals surface area contributed by atoms with Crippen LogP contribution in [0.3, 0.4) is 0 Å². The fraction of sp³-hybridized carbons (Fsp3) is 0.433. The van der Waals surface area contributed by atoms with Gasteiger partial charge >= 0.3 is 5.97 Å². The van der Waals surface area contributed by atoms with E-state index in [9.17, 15) is 9.59 Å². The van der Waals surface area contributed by atoms with Crippen molar-refractivity contribution < 1.29 is 14.3 Å². The summed E-state index contributed by atoms with van der Waals surface area (Å²) < 4.78 is 5.45. The Morgan fingerprint density at radius 2 is 1.59 bits per heavy atom. The Morgan fingerprint density at radius 1 is 0.919 bits per heavy atom. The van der Waals surface area contributed by atoms with E-state index in [0.29, 0.717) is 17.2 Å². The molecule has 0 radical (unpaired) electrons. The standard InChI is InChI=1S/C30H36N2O3S2/c1-2-35-29(34)27-24-18-9-7-5-3-4-6-8-10-19-25(24)37-28(27)32-30(36)31-26(33)20-22-16-13-15-21-14-11-12-17-23(21)22/h11-17H,2-10,18-20H2,1H3,(H2,31,32,33,36). The Bertz CT molecular complexity index is 1250. The summed E-state index contributed by atoms with van der Waals surface area (Å²) in [5.74, 6) is -0.513. The molecule has 0 saturated heterocycles. The SMILES string of the molecule is CCOC(=O)c1c(NC(=S)NC(=O)Cc2cccc3ccccc23)sc2c1CCCCCCCCCC2. The van der Waals surface area contributed by atoms with Crippen LogP contribution in [-0.2, 0) is 28.8 Å². The molecule has 1 heterocycles. The lowest BCUT2D eigenvalue weighted by Gasteiger charge is -2.12. The summed E-state index contributed by atoms with van der Waals surface area (Å²) in [5.41, 5.74) is 2.63. The molecule has 0 atom stereocenters. The molecule has 2 N–H and O–H groups in total. The molecule has 0 aliphatic heterocycles. The largest absolute Gasteiger partial charge is 0.462 e. The highest BCUT2D eigenvalue weighted by Crippen LogP contribution is 2.37. The summed E-state index contributed by atoms with van der Waals surface area (Å²) in [6, 6.07) is 14.0. The van der Waals surface area contributed by atoms with Crippen LogP contribution < -0.4 is 10.6 Å². The fourth-order valence-electron chi connectivity index (χ4n) is 5.06. The van der Waals surface area contributed by atoms with Crippen molar-refractivity contribution >= 4 is 56.3 Å². The van der Waals surface area contributed by atoms with Crippen molar-refractivity contribution in [3.05, 3.63) is 64.0 Å². The van der Waals surface area contributed by atoms with E-state index in [0.717, 1.165) is 47.6 Å². The molecule has 2 aromatic carbocycles. The molecule has 3 aromatic rings. The summed E-state index contributed by atoms with van der Waals surface area (Å²) in [5, 5.41) is 9.02. The normalized spacial score (nSPS) is 14.6. The van der Waals surface area contributed by atoms with Crippen molar-refractivity contribution in [1.29, 1.82) is 0 Å². The van der Waals surface area contributed by atoms with Crippen molar-refractivity contribution in [3.8, 4) is 0 Å². The van der Waals surface area contributed by atoms with Crippen LogP contribution in [0.5, 0.6) is 0 Å². The van der Waals surface area contributed by atoms with Gasteiger partial charge in [-0.05, 0) is 66.7 Å². The van der Waals surface area contributed by atoms with E-state index in [1.54, 1.807) is 11.3 Å². The second kappa shape index (κ2) is 13.7. The van der Waals surface area contributed by atoms with Crippen LogP contribution in [0.1, 0.15) is 84.7 Å². The van der Waals surface area contributed by atoms with Crippen LogP contribution in [0.4, 0.5) is 5.00 Å². The minimum Gasteiger partial charge on any atom is -0.462 e. The topological polar surface area (TPSA) is 67.4 Å². The van der Waals surface area contributed by atoms with Gasteiger partial charge in [-0.2, -0.15) is 0 Å². The lowest BCUT2D eigenvalue weighted by atomic mass is 9.97. The first-order valence-electron chi connectivity index (χ1n) is 13.5. The summed E-state index contributed by atoms with van der Waals surface area (Å²) in [7, 11) is 0. The van der Waals surface area contributed by atoms with Gasteiger partial charge in [0.15, 0.2) is 5.11 Å². The number of benzene rings is 2. The number of aryl methyl sites for hydroxylation is 1. The summed E-state index contributed by atoms with van der Waals surface area (Å²) in [6.45, 7) is 2.14. The molecular weight excluding hydrogens is 500 g/mol. The number of thiophene rings is 1. The summed E-state index contributed by atoms with van der Waals surface area (Å²) in [4.78, 5) is 27.2. The molecule has 1 amide bonds. The smallest absolute Gasteiger partial charge is 0.341 e. The number of hydrogen-bond acceptors (Lipinski definition) is 5. The van der Waals surface area contributed by atoms with Crippen LogP contribution in [0.15, 0.2) is 42.5 Å². The summed E-state index contributed by atoms with van der Waals surface area (Å²) >= 11 is 7.10. The number of ether oxygens (including phenoxy) is 1. The highest BCUT2D eigenvalue weighted by molar-refractivity contribution is 7.80.